The van der Waals surface area contributed by atoms with Gasteiger partial charge < -0.3 is 9.64 Å². The Hall–Kier alpha value is -2.90. The highest BCUT2D eigenvalue weighted by molar-refractivity contribution is 5.99. The highest BCUT2D eigenvalue weighted by Crippen LogP contribution is 2.37. The van der Waals surface area contributed by atoms with Crippen LogP contribution in [0.5, 0.6) is 5.75 Å². The maximum Gasteiger partial charge on any atom is 0.422 e. The minimum Gasteiger partial charge on any atom is -0.484 e. The molecular formula is C23H23F3N2O3. The van der Waals surface area contributed by atoms with Crippen LogP contribution in [0.15, 0.2) is 30.5 Å². The van der Waals surface area contributed by atoms with E-state index in [0.29, 0.717) is 29.9 Å². The Morgan fingerprint density at radius 3 is 2.68 bits per heavy atom. The number of aryl methyl sites for hydroxylation is 1. The lowest BCUT2D eigenvalue weighted by Gasteiger charge is -2.18. The summed E-state index contributed by atoms with van der Waals surface area (Å²) in [5.41, 5.74) is 3.36. The summed E-state index contributed by atoms with van der Waals surface area (Å²) in [6.45, 7) is 2.83. The highest BCUT2D eigenvalue weighted by atomic mass is 19.4. The number of carbonyl (C=O) groups is 2. The van der Waals surface area contributed by atoms with Crippen LogP contribution in [0.3, 0.4) is 0 Å². The maximum atomic E-state index is 12.9. The first-order valence-corrected chi connectivity index (χ1v) is 10.2. The second-order valence-electron chi connectivity index (χ2n) is 8.29. The van der Waals surface area contributed by atoms with E-state index in [1.807, 2.05) is 6.92 Å². The predicted molar refractivity (Wildman–Crippen MR) is 107 cm³/mol. The number of ketones is 1. The number of hydrogen-bond acceptors (Lipinski definition) is 4. The molecule has 164 valence electrons. The lowest BCUT2D eigenvalue weighted by atomic mass is 9.93. The fourth-order valence-corrected chi connectivity index (χ4v) is 4.02. The molecule has 31 heavy (non-hydrogen) atoms. The van der Waals surface area contributed by atoms with Gasteiger partial charge in [0.05, 0.1) is 11.6 Å². The third-order valence-corrected chi connectivity index (χ3v) is 5.78. The molecule has 0 bridgehead atoms. The summed E-state index contributed by atoms with van der Waals surface area (Å²) >= 11 is 0. The van der Waals surface area contributed by atoms with E-state index in [9.17, 15) is 22.8 Å². The standard InChI is InChI=1S/C23H23F3N2O3/c1-13-9-15(3-6-19(13)31-12-23(24,25)26)10-28-11-18-17(22(28)30)7-8-27-20(18)14(2)21(29)16-4-5-16/h3,6-9,14,16H,4-5,10-12H2,1-2H3. The summed E-state index contributed by atoms with van der Waals surface area (Å²) < 4.78 is 42.0. The molecule has 1 aromatic heterocycles. The normalized spacial score (nSPS) is 16.9. The lowest BCUT2D eigenvalue weighted by Crippen LogP contribution is -2.23. The van der Waals surface area contributed by atoms with Crippen molar-refractivity contribution >= 4 is 11.7 Å². The third kappa shape index (κ3) is 4.57. The number of hydrogen-bond donors (Lipinski definition) is 0. The zero-order chi connectivity index (χ0) is 22.3. The number of rotatable bonds is 7. The van der Waals surface area contributed by atoms with Crippen molar-refractivity contribution in [3.05, 3.63) is 58.4 Å². The van der Waals surface area contributed by atoms with Crippen LogP contribution in [-0.2, 0) is 17.9 Å². The number of nitrogens with zero attached hydrogens (tertiary/aromatic N) is 2. The summed E-state index contributed by atoms with van der Waals surface area (Å²) in [6, 6.07) is 6.55. The van der Waals surface area contributed by atoms with E-state index in [2.05, 4.69) is 4.98 Å². The molecule has 1 saturated carbocycles. The number of amides is 1. The van der Waals surface area contributed by atoms with Crippen molar-refractivity contribution in [3.8, 4) is 5.75 Å². The van der Waals surface area contributed by atoms with E-state index in [1.165, 1.54) is 6.07 Å². The molecule has 2 aliphatic rings. The Bertz CT molecular complexity index is 1030. The van der Waals surface area contributed by atoms with Crippen molar-refractivity contribution in [3.63, 3.8) is 0 Å². The third-order valence-electron chi connectivity index (χ3n) is 5.78. The van der Waals surface area contributed by atoms with Crippen LogP contribution < -0.4 is 4.74 Å². The Morgan fingerprint density at radius 1 is 1.29 bits per heavy atom. The molecule has 2 heterocycles. The molecule has 0 spiro atoms. The molecule has 1 aromatic carbocycles. The van der Waals surface area contributed by atoms with Crippen LogP contribution >= 0.6 is 0 Å². The van der Waals surface area contributed by atoms with Crippen LogP contribution in [0, 0.1) is 12.8 Å². The Labute approximate surface area is 178 Å². The van der Waals surface area contributed by atoms with Gasteiger partial charge in [0.2, 0.25) is 0 Å². The molecule has 1 aliphatic carbocycles. The van der Waals surface area contributed by atoms with Gasteiger partial charge in [-0.3, -0.25) is 14.6 Å². The molecule has 8 heteroatoms. The van der Waals surface area contributed by atoms with Crippen molar-refractivity contribution < 1.29 is 27.5 Å². The number of halogens is 3. The van der Waals surface area contributed by atoms with Crippen LogP contribution in [-0.4, -0.2) is 34.4 Å². The van der Waals surface area contributed by atoms with Crippen molar-refractivity contribution in [2.45, 2.75) is 51.9 Å². The first-order chi connectivity index (χ1) is 14.6. The van der Waals surface area contributed by atoms with E-state index in [4.69, 9.17) is 4.74 Å². The fourth-order valence-electron chi connectivity index (χ4n) is 4.02. The summed E-state index contributed by atoms with van der Waals surface area (Å²) in [6.07, 6.45) is -0.984. The first kappa shape index (κ1) is 21.3. The van der Waals surface area contributed by atoms with Gasteiger partial charge in [-0.05, 0) is 49.9 Å². The second-order valence-corrected chi connectivity index (χ2v) is 8.29. The molecule has 2 aromatic rings. The van der Waals surface area contributed by atoms with Gasteiger partial charge in [-0.25, -0.2) is 0 Å². The van der Waals surface area contributed by atoms with Gasteiger partial charge in [0.1, 0.15) is 11.5 Å². The number of Topliss-reactive ketones (excluding diaryl/α,β-unsaturated/α-hetero) is 1. The van der Waals surface area contributed by atoms with Crippen LogP contribution in [0.4, 0.5) is 13.2 Å². The van der Waals surface area contributed by atoms with Crippen LogP contribution in [0.1, 0.15) is 58.4 Å². The molecule has 5 nitrogen and oxygen atoms in total. The summed E-state index contributed by atoms with van der Waals surface area (Å²) in [4.78, 5) is 31.5. The Balaban J connectivity index is 1.49. The topological polar surface area (TPSA) is 59.5 Å². The quantitative estimate of drug-likeness (QED) is 0.643. The van der Waals surface area contributed by atoms with Gasteiger partial charge in [-0.15, -0.1) is 0 Å². The van der Waals surface area contributed by atoms with Crippen molar-refractivity contribution in [1.29, 1.82) is 0 Å². The maximum absolute atomic E-state index is 12.9. The molecule has 1 amide bonds. The van der Waals surface area contributed by atoms with Gasteiger partial charge >= 0.3 is 6.18 Å². The molecule has 1 fully saturated rings. The van der Waals surface area contributed by atoms with Crippen LogP contribution in [0.2, 0.25) is 0 Å². The van der Waals surface area contributed by atoms with Gasteiger partial charge in [-0.2, -0.15) is 13.2 Å². The van der Waals surface area contributed by atoms with E-state index < -0.39 is 12.8 Å². The lowest BCUT2D eigenvalue weighted by molar-refractivity contribution is -0.153. The molecule has 1 unspecified atom stereocenters. The number of pyridine rings is 1. The Kier molecular flexibility index (Phi) is 5.49. The van der Waals surface area contributed by atoms with Gasteiger partial charge in [-0.1, -0.05) is 12.1 Å². The first-order valence-electron chi connectivity index (χ1n) is 10.2. The molecular weight excluding hydrogens is 409 g/mol. The van der Waals surface area contributed by atoms with E-state index in [0.717, 1.165) is 24.0 Å². The molecule has 1 aliphatic heterocycles. The number of alkyl halides is 3. The zero-order valence-corrected chi connectivity index (χ0v) is 17.3. The molecule has 0 radical (unpaired) electrons. The number of carbonyl (C=O) groups excluding carboxylic acids is 2. The second kappa shape index (κ2) is 7.98. The van der Waals surface area contributed by atoms with Gasteiger partial charge in [0.25, 0.3) is 5.91 Å². The van der Waals surface area contributed by atoms with Crippen molar-refractivity contribution in [2.75, 3.05) is 6.61 Å². The monoisotopic (exact) mass is 432 g/mol. The van der Waals surface area contributed by atoms with Gasteiger partial charge in [0, 0.05) is 36.3 Å². The molecule has 0 saturated heterocycles. The fraction of sp³-hybridized carbons (Fsp3) is 0.435. The Morgan fingerprint density at radius 2 is 2.03 bits per heavy atom. The summed E-state index contributed by atoms with van der Waals surface area (Å²) in [5.74, 6) is -0.0305. The average Bonchev–Trinajstić information content (AvgIpc) is 3.51. The molecule has 4 rings (SSSR count). The number of ether oxygens (including phenoxy) is 1. The minimum absolute atomic E-state index is 0.113. The number of aromatic nitrogens is 1. The number of fused-ring (bicyclic) bond motifs is 1. The smallest absolute Gasteiger partial charge is 0.422 e. The minimum atomic E-state index is -4.40. The summed E-state index contributed by atoms with van der Waals surface area (Å²) in [7, 11) is 0. The van der Waals surface area contributed by atoms with Gasteiger partial charge in [0.15, 0.2) is 6.61 Å². The SMILES string of the molecule is Cc1cc(CN2Cc3c(ccnc3C(C)C(=O)C3CC3)C2=O)ccc1OCC(F)(F)F. The van der Waals surface area contributed by atoms with E-state index in [1.54, 1.807) is 36.2 Å². The predicted octanol–water partition coefficient (Wildman–Crippen LogP) is 4.57. The van der Waals surface area contributed by atoms with Crippen LogP contribution in [0.25, 0.3) is 0 Å². The average molecular weight is 432 g/mol. The molecule has 0 N–H and O–H groups in total. The van der Waals surface area contributed by atoms with Crippen molar-refractivity contribution in [2.24, 2.45) is 5.92 Å². The zero-order valence-electron chi connectivity index (χ0n) is 17.3. The van der Waals surface area contributed by atoms with Crippen molar-refractivity contribution in [1.82, 2.24) is 9.88 Å². The van der Waals surface area contributed by atoms with E-state index in [-0.39, 0.29) is 29.3 Å². The molecule has 1 atom stereocenters. The number of benzene rings is 1. The highest BCUT2D eigenvalue weighted by Gasteiger charge is 2.37. The summed E-state index contributed by atoms with van der Waals surface area (Å²) in [5, 5.41) is 0. The van der Waals surface area contributed by atoms with E-state index >= 15 is 0 Å². The largest absolute Gasteiger partial charge is 0.484 e.